The van der Waals surface area contributed by atoms with Crippen molar-refractivity contribution >= 4 is 27.5 Å². The number of benzene rings is 2. The Kier molecular flexibility index (Phi) is 4.29. The predicted octanol–water partition coefficient (Wildman–Crippen LogP) is 4.66. The fourth-order valence-electron chi connectivity index (χ4n) is 2.01. The minimum absolute atomic E-state index is 0.320. The molecule has 0 fully saturated rings. The molecular weight excluding hydrogens is 329 g/mol. The Morgan fingerprint density at radius 3 is 2.58 bits per heavy atom. The largest absolute Gasteiger partial charge is 0.321 e. The third-order valence-electron chi connectivity index (χ3n) is 3.09. The van der Waals surface area contributed by atoms with Crippen LogP contribution in [-0.2, 0) is 12.0 Å². The van der Waals surface area contributed by atoms with Crippen LogP contribution in [0.1, 0.15) is 18.1 Å². The van der Waals surface area contributed by atoms with Gasteiger partial charge >= 0.3 is 0 Å². The van der Waals surface area contributed by atoms with Crippen LogP contribution in [0.25, 0.3) is 0 Å². The molecule has 19 heavy (non-hydrogen) atoms. The lowest BCUT2D eigenvalue weighted by molar-refractivity contribution is 0.475. The van der Waals surface area contributed by atoms with Crippen LogP contribution < -0.4 is 5.73 Å². The predicted molar refractivity (Wildman–Crippen MR) is 80.8 cm³/mol. The van der Waals surface area contributed by atoms with Crippen LogP contribution in [0, 0.1) is 5.82 Å². The van der Waals surface area contributed by atoms with Gasteiger partial charge in [0.25, 0.3) is 0 Å². The van der Waals surface area contributed by atoms with Gasteiger partial charge in [0.15, 0.2) is 0 Å². The first-order chi connectivity index (χ1) is 8.90. The van der Waals surface area contributed by atoms with Crippen molar-refractivity contribution in [3.8, 4) is 0 Å². The average Bonchev–Trinajstić information content (AvgIpc) is 2.34. The zero-order valence-electron chi connectivity index (χ0n) is 10.5. The van der Waals surface area contributed by atoms with E-state index in [0.717, 1.165) is 10.0 Å². The Morgan fingerprint density at radius 2 is 1.95 bits per heavy atom. The van der Waals surface area contributed by atoms with E-state index >= 15 is 0 Å². The van der Waals surface area contributed by atoms with E-state index in [1.807, 2.05) is 31.2 Å². The van der Waals surface area contributed by atoms with E-state index in [9.17, 15) is 4.39 Å². The first-order valence-electron chi connectivity index (χ1n) is 5.88. The van der Waals surface area contributed by atoms with Crippen LogP contribution in [0.5, 0.6) is 0 Å². The molecule has 2 N–H and O–H groups in total. The van der Waals surface area contributed by atoms with Crippen LogP contribution in [-0.4, -0.2) is 0 Å². The number of halogens is 3. The van der Waals surface area contributed by atoms with Gasteiger partial charge in [-0.2, -0.15) is 0 Å². The van der Waals surface area contributed by atoms with Crippen molar-refractivity contribution in [1.82, 2.24) is 0 Å². The second kappa shape index (κ2) is 5.61. The number of rotatable bonds is 3. The fourth-order valence-corrected chi connectivity index (χ4v) is 2.64. The van der Waals surface area contributed by atoms with E-state index in [-0.39, 0.29) is 5.82 Å². The quantitative estimate of drug-likeness (QED) is 0.862. The van der Waals surface area contributed by atoms with Crippen molar-refractivity contribution in [3.63, 3.8) is 0 Å². The number of nitrogens with two attached hydrogens (primary N) is 1. The Labute approximate surface area is 125 Å². The van der Waals surface area contributed by atoms with Gasteiger partial charge < -0.3 is 5.73 Å². The van der Waals surface area contributed by atoms with E-state index < -0.39 is 5.54 Å². The summed E-state index contributed by atoms with van der Waals surface area (Å²) in [6.07, 6.45) is 0.342. The van der Waals surface area contributed by atoms with Gasteiger partial charge in [-0.1, -0.05) is 45.7 Å². The van der Waals surface area contributed by atoms with Gasteiger partial charge in [0, 0.05) is 20.6 Å². The van der Waals surface area contributed by atoms with Crippen molar-refractivity contribution in [1.29, 1.82) is 0 Å². The lowest BCUT2D eigenvalue weighted by atomic mass is 9.86. The topological polar surface area (TPSA) is 26.0 Å². The summed E-state index contributed by atoms with van der Waals surface area (Å²) in [5, 5.41) is 0.409. The fraction of sp³-hybridized carbons (Fsp3) is 0.200. The van der Waals surface area contributed by atoms with E-state index in [4.69, 9.17) is 17.3 Å². The summed E-state index contributed by atoms with van der Waals surface area (Å²) in [5.41, 5.74) is 7.03. The molecule has 1 nitrogen and oxygen atoms in total. The van der Waals surface area contributed by atoms with Crippen molar-refractivity contribution in [2.75, 3.05) is 0 Å². The highest BCUT2D eigenvalue weighted by Crippen LogP contribution is 2.29. The highest BCUT2D eigenvalue weighted by molar-refractivity contribution is 9.10. The van der Waals surface area contributed by atoms with E-state index in [1.165, 1.54) is 6.07 Å². The monoisotopic (exact) mass is 341 g/mol. The second-order valence-electron chi connectivity index (χ2n) is 4.80. The first kappa shape index (κ1) is 14.5. The molecule has 0 aliphatic rings. The molecule has 0 aliphatic carbocycles. The van der Waals surface area contributed by atoms with Gasteiger partial charge in [0.1, 0.15) is 5.82 Å². The molecule has 2 aromatic rings. The van der Waals surface area contributed by atoms with Gasteiger partial charge in [-0.05, 0) is 43.2 Å². The summed E-state index contributed by atoms with van der Waals surface area (Å²) >= 11 is 9.46. The summed E-state index contributed by atoms with van der Waals surface area (Å²) in [6, 6.07) is 12.4. The molecule has 4 heteroatoms. The molecule has 0 bridgehead atoms. The molecule has 0 aliphatic heterocycles. The highest BCUT2D eigenvalue weighted by atomic mass is 79.9. The maximum absolute atomic E-state index is 13.8. The molecule has 0 saturated carbocycles. The van der Waals surface area contributed by atoms with Crippen molar-refractivity contribution in [2.24, 2.45) is 5.73 Å². The minimum Gasteiger partial charge on any atom is -0.321 e. The second-order valence-corrected chi connectivity index (χ2v) is 6.13. The van der Waals surface area contributed by atoms with Crippen molar-refractivity contribution in [3.05, 3.63) is 68.9 Å². The Morgan fingerprint density at radius 1 is 1.26 bits per heavy atom. The molecule has 1 atom stereocenters. The zero-order chi connectivity index (χ0) is 14.0. The summed E-state index contributed by atoms with van der Waals surface area (Å²) in [6.45, 7) is 1.87. The molecule has 0 aromatic heterocycles. The number of hydrogen-bond acceptors (Lipinski definition) is 1. The zero-order valence-corrected chi connectivity index (χ0v) is 12.8. The Hall–Kier alpha value is -0.900. The number of hydrogen-bond donors (Lipinski definition) is 1. The third-order valence-corrected chi connectivity index (χ3v) is 3.94. The summed E-state index contributed by atoms with van der Waals surface area (Å²) in [4.78, 5) is 0. The van der Waals surface area contributed by atoms with Gasteiger partial charge in [-0.3, -0.25) is 0 Å². The van der Waals surface area contributed by atoms with Crippen LogP contribution in [0.2, 0.25) is 5.02 Å². The molecule has 2 aromatic carbocycles. The highest BCUT2D eigenvalue weighted by Gasteiger charge is 2.24. The lowest BCUT2D eigenvalue weighted by Crippen LogP contribution is -2.35. The molecule has 0 spiro atoms. The molecule has 0 amide bonds. The lowest BCUT2D eigenvalue weighted by Gasteiger charge is -2.26. The molecule has 2 rings (SSSR count). The Bertz CT molecular complexity index is 578. The Balaban J connectivity index is 2.36. The molecule has 1 unspecified atom stereocenters. The van der Waals surface area contributed by atoms with E-state index in [2.05, 4.69) is 15.9 Å². The minimum atomic E-state index is -0.685. The van der Waals surface area contributed by atoms with Crippen LogP contribution in [0.4, 0.5) is 4.39 Å². The van der Waals surface area contributed by atoms with Gasteiger partial charge in [-0.25, -0.2) is 4.39 Å². The summed E-state index contributed by atoms with van der Waals surface area (Å²) < 4.78 is 14.8. The van der Waals surface area contributed by atoms with Crippen molar-refractivity contribution < 1.29 is 4.39 Å². The van der Waals surface area contributed by atoms with E-state index in [0.29, 0.717) is 17.0 Å². The smallest absolute Gasteiger partial charge is 0.127 e. The first-order valence-corrected chi connectivity index (χ1v) is 7.05. The van der Waals surface area contributed by atoms with Gasteiger partial charge in [0.05, 0.1) is 0 Å². The van der Waals surface area contributed by atoms with Gasteiger partial charge in [0.2, 0.25) is 0 Å². The van der Waals surface area contributed by atoms with Crippen LogP contribution in [0.3, 0.4) is 0 Å². The average molecular weight is 343 g/mol. The standard InChI is InChI=1S/C15H14BrClFN/c1-15(19,10-4-2-5-11(16)8-10)9-12-13(17)6-3-7-14(12)18/h2-8H,9,19H2,1H3. The molecular formula is C15H14BrClFN. The SMILES string of the molecule is CC(N)(Cc1c(F)cccc1Cl)c1cccc(Br)c1. The van der Waals surface area contributed by atoms with Crippen LogP contribution in [0.15, 0.2) is 46.9 Å². The maximum Gasteiger partial charge on any atom is 0.127 e. The van der Waals surface area contributed by atoms with Gasteiger partial charge in [-0.15, -0.1) is 0 Å². The summed E-state index contributed by atoms with van der Waals surface area (Å²) in [7, 11) is 0. The summed E-state index contributed by atoms with van der Waals surface area (Å²) in [5.74, 6) is -0.320. The normalized spacial score (nSPS) is 14.2. The maximum atomic E-state index is 13.8. The molecule has 0 radical (unpaired) electrons. The van der Waals surface area contributed by atoms with Crippen LogP contribution >= 0.6 is 27.5 Å². The molecule has 0 heterocycles. The van der Waals surface area contributed by atoms with Crippen molar-refractivity contribution in [2.45, 2.75) is 18.9 Å². The van der Waals surface area contributed by atoms with E-state index in [1.54, 1.807) is 12.1 Å². The molecule has 0 saturated heterocycles. The third kappa shape index (κ3) is 3.35. The molecule has 100 valence electrons.